The number of nitrogens with zero attached hydrogens (tertiary/aromatic N) is 4. The summed E-state index contributed by atoms with van der Waals surface area (Å²) in [7, 11) is -2.17. The molecule has 0 bridgehead atoms. The van der Waals surface area contributed by atoms with Crippen LogP contribution in [0.4, 0.5) is 10.3 Å². The minimum Gasteiger partial charge on any atom is -0.241 e. The molecule has 6 nitrogen and oxygen atoms in total. The molecule has 0 saturated heterocycles. The number of nitriles is 1. The van der Waals surface area contributed by atoms with Gasteiger partial charge in [0.2, 0.25) is 16.0 Å². The second kappa shape index (κ2) is 7.15. The van der Waals surface area contributed by atoms with Gasteiger partial charge in [-0.25, -0.2) is 27.1 Å². The smallest absolute Gasteiger partial charge is 0.239 e. The van der Waals surface area contributed by atoms with Gasteiger partial charge in [-0.15, -0.1) is 0 Å². The number of hydrogen-bond acceptors (Lipinski definition) is 5. The summed E-state index contributed by atoms with van der Waals surface area (Å²) < 4.78 is 37.7. The molecule has 0 fully saturated rings. The highest BCUT2D eigenvalue weighted by molar-refractivity contribution is 7.92. The van der Waals surface area contributed by atoms with Gasteiger partial charge in [0.25, 0.3) is 0 Å². The van der Waals surface area contributed by atoms with Crippen LogP contribution in [0.5, 0.6) is 0 Å². The Morgan fingerprint density at radius 2 is 1.84 bits per heavy atom. The summed E-state index contributed by atoms with van der Waals surface area (Å²) in [5.74, 6) is -0.425. The van der Waals surface area contributed by atoms with Gasteiger partial charge in [0, 0.05) is 13.5 Å². The zero-order valence-electron chi connectivity index (χ0n) is 14.5. The lowest BCUT2D eigenvalue weighted by atomic mass is 9.99. The molecular formula is C17H19FN4O2S. The number of aromatic nitrogens is 2. The highest BCUT2D eigenvalue weighted by atomic mass is 32.2. The third-order valence-electron chi connectivity index (χ3n) is 3.72. The van der Waals surface area contributed by atoms with Crippen molar-refractivity contribution in [1.29, 1.82) is 5.26 Å². The molecule has 0 aliphatic rings. The quantitative estimate of drug-likeness (QED) is 0.816. The normalized spacial score (nSPS) is 11.4. The molecule has 0 aliphatic carbocycles. The minimum atomic E-state index is -3.54. The number of hydrogen-bond donors (Lipinski definition) is 0. The lowest BCUT2D eigenvalue weighted by molar-refractivity contribution is 0.599. The van der Waals surface area contributed by atoms with Crippen molar-refractivity contribution in [3.63, 3.8) is 0 Å². The fraction of sp³-hybridized carbons (Fsp3) is 0.353. The number of benzene rings is 1. The molecule has 132 valence electrons. The van der Waals surface area contributed by atoms with Gasteiger partial charge in [-0.2, -0.15) is 5.26 Å². The monoisotopic (exact) mass is 362 g/mol. The molecule has 0 atom stereocenters. The van der Waals surface area contributed by atoms with Crippen LogP contribution in [0.25, 0.3) is 0 Å². The van der Waals surface area contributed by atoms with E-state index in [0.29, 0.717) is 17.0 Å². The van der Waals surface area contributed by atoms with Crippen molar-refractivity contribution in [2.24, 2.45) is 0 Å². The van der Waals surface area contributed by atoms with Gasteiger partial charge in [-0.05, 0) is 23.6 Å². The van der Waals surface area contributed by atoms with E-state index in [1.807, 2.05) is 13.8 Å². The van der Waals surface area contributed by atoms with E-state index in [1.54, 1.807) is 12.1 Å². The number of rotatable bonds is 5. The van der Waals surface area contributed by atoms with Crippen molar-refractivity contribution in [2.75, 3.05) is 17.6 Å². The molecule has 0 radical (unpaired) electrons. The highest BCUT2D eigenvalue weighted by Crippen LogP contribution is 2.24. The second-order valence-corrected chi connectivity index (χ2v) is 8.04. The summed E-state index contributed by atoms with van der Waals surface area (Å²) in [6.07, 6.45) is 1.33. The topological polar surface area (TPSA) is 87.0 Å². The van der Waals surface area contributed by atoms with E-state index >= 15 is 0 Å². The van der Waals surface area contributed by atoms with Gasteiger partial charge in [-0.1, -0.05) is 26.0 Å². The summed E-state index contributed by atoms with van der Waals surface area (Å²) in [6.45, 7) is 3.74. The largest absolute Gasteiger partial charge is 0.241 e. The lowest BCUT2D eigenvalue weighted by Gasteiger charge is -2.19. The Morgan fingerprint density at radius 1 is 1.24 bits per heavy atom. The number of sulfonamides is 1. The molecule has 1 aromatic carbocycles. The Kier molecular flexibility index (Phi) is 5.38. The zero-order valence-corrected chi connectivity index (χ0v) is 15.3. The van der Waals surface area contributed by atoms with E-state index in [-0.39, 0.29) is 24.1 Å². The maximum atomic E-state index is 13.1. The molecule has 2 rings (SSSR count). The van der Waals surface area contributed by atoms with Crippen molar-refractivity contribution >= 4 is 16.0 Å². The average molecular weight is 362 g/mol. The van der Waals surface area contributed by atoms with E-state index < -0.39 is 10.0 Å². The van der Waals surface area contributed by atoms with Crippen LogP contribution in [0.1, 0.15) is 42.3 Å². The Hall–Kier alpha value is -2.53. The van der Waals surface area contributed by atoms with E-state index in [1.165, 1.54) is 19.2 Å². The van der Waals surface area contributed by atoms with Gasteiger partial charge in [0.15, 0.2) is 0 Å². The van der Waals surface area contributed by atoms with Crippen LogP contribution >= 0.6 is 0 Å². The molecule has 0 spiro atoms. The van der Waals surface area contributed by atoms with Crippen LogP contribution in [-0.4, -0.2) is 31.7 Å². The Bertz CT molecular complexity index is 919. The number of halogens is 1. The van der Waals surface area contributed by atoms with Gasteiger partial charge in [0.05, 0.1) is 23.2 Å². The third-order valence-corrected chi connectivity index (χ3v) is 4.88. The number of anilines is 1. The van der Waals surface area contributed by atoms with E-state index in [2.05, 4.69) is 16.0 Å². The molecule has 1 aromatic heterocycles. The first-order valence-electron chi connectivity index (χ1n) is 7.62. The predicted molar refractivity (Wildman–Crippen MR) is 93.3 cm³/mol. The van der Waals surface area contributed by atoms with Gasteiger partial charge >= 0.3 is 0 Å². The fourth-order valence-corrected chi connectivity index (χ4v) is 2.64. The van der Waals surface area contributed by atoms with Crippen LogP contribution in [0.15, 0.2) is 24.3 Å². The average Bonchev–Trinajstić information content (AvgIpc) is 2.54. The van der Waals surface area contributed by atoms with Crippen LogP contribution in [0.3, 0.4) is 0 Å². The molecule has 0 unspecified atom stereocenters. The maximum Gasteiger partial charge on any atom is 0.239 e. The van der Waals surface area contributed by atoms with Crippen molar-refractivity contribution in [1.82, 2.24) is 9.97 Å². The third kappa shape index (κ3) is 4.31. The van der Waals surface area contributed by atoms with Crippen molar-refractivity contribution in [3.05, 3.63) is 52.6 Å². The van der Waals surface area contributed by atoms with Crippen molar-refractivity contribution in [3.8, 4) is 6.07 Å². The summed E-state index contributed by atoms with van der Waals surface area (Å²) in [4.78, 5) is 8.57. The molecule has 0 N–H and O–H groups in total. The standard InChI is InChI=1S/C17H19FN4O2S/c1-11(2)16-14(10-19)15(9-12-5-7-13(18)8-6-12)20-17(21-16)22(3)25(4,23)24/h5-8,11H,9H2,1-4H3. The Morgan fingerprint density at radius 3 is 2.32 bits per heavy atom. The zero-order chi connectivity index (χ0) is 18.8. The fourth-order valence-electron chi connectivity index (χ4n) is 2.27. The van der Waals surface area contributed by atoms with Gasteiger partial charge in [-0.3, -0.25) is 0 Å². The minimum absolute atomic E-state index is 0.0160. The Balaban J connectivity index is 2.61. The molecule has 2 aromatic rings. The van der Waals surface area contributed by atoms with E-state index in [9.17, 15) is 18.1 Å². The maximum absolute atomic E-state index is 13.1. The first-order valence-corrected chi connectivity index (χ1v) is 9.47. The molecule has 0 saturated carbocycles. The van der Waals surface area contributed by atoms with Crippen LogP contribution < -0.4 is 4.31 Å². The molecule has 0 amide bonds. The van der Waals surface area contributed by atoms with E-state index in [4.69, 9.17) is 0 Å². The first kappa shape index (κ1) is 18.8. The highest BCUT2D eigenvalue weighted by Gasteiger charge is 2.22. The summed E-state index contributed by atoms with van der Waals surface area (Å²) in [5.41, 5.74) is 1.99. The summed E-state index contributed by atoms with van der Waals surface area (Å²) in [6, 6.07) is 7.98. The van der Waals surface area contributed by atoms with Crippen LogP contribution in [0.2, 0.25) is 0 Å². The van der Waals surface area contributed by atoms with Gasteiger partial charge < -0.3 is 0 Å². The lowest BCUT2D eigenvalue weighted by Crippen LogP contribution is -2.28. The first-order chi connectivity index (χ1) is 11.6. The van der Waals surface area contributed by atoms with Crippen LogP contribution in [0, 0.1) is 17.1 Å². The SMILES string of the molecule is CC(C)c1nc(N(C)S(C)(=O)=O)nc(Cc2ccc(F)cc2)c1C#N. The van der Waals surface area contributed by atoms with Crippen LogP contribution in [-0.2, 0) is 16.4 Å². The predicted octanol–water partition coefficient (Wildman–Crippen LogP) is 2.60. The summed E-state index contributed by atoms with van der Waals surface area (Å²) >= 11 is 0. The Labute approximate surface area is 147 Å². The van der Waals surface area contributed by atoms with Crippen molar-refractivity contribution < 1.29 is 12.8 Å². The summed E-state index contributed by atoms with van der Waals surface area (Å²) in [5, 5.41) is 9.54. The molecule has 1 heterocycles. The van der Waals surface area contributed by atoms with Gasteiger partial charge in [0.1, 0.15) is 11.9 Å². The second-order valence-electron chi connectivity index (χ2n) is 6.03. The molecule has 8 heteroatoms. The molecule has 25 heavy (non-hydrogen) atoms. The van der Waals surface area contributed by atoms with Crippen molar-refractivity contribution in [2.45, 2.75) is 26.2 Å². The van der Waals surface area contributed by atoms with E-state index in [0.717, 1.165) is 16.1 Å². The molecular weight excluding hydrogens is 343 g/mol. The molecule has 0 aliphatic heterocycles.